The lowest BCUT2D eigenvalue weighted by Crippen LogP contribution is -2.14. The first-order valence-corrected chi connectivity index (χ1v) is 11.5. The lowest BCUT2D eigenvalue weighted by atomic mass is 9.99. The molecule has 180 valence electrons. The van der Waals surface area contributed by atoms with Gasteiger partial charge in [0.05, 0.1) is 19.0 Å². The lowest BCUT2D eigenvalue weighted by molar-refractivity contribution is -0.117. The van der Waals surface area contributed by atoms with Gasteiger partial charge >= 0.3 is 0 Å². The minimum atomic E-state index is -0.385. The van der Waals surface area contributed by atoms with Gasteiger partial charge in [-0.1, -0.05) is 6.07 Å². The van der Waals surface area contributed by atoms with Crippen LogP contribution in [0, 0.1) is 12.8 Å². The number of aromatic nitrogens is 4. The molecule has 1 fully saturated rings. The molecule has 3 aromatic heterocycles. The Morgan fingerprint density at radius 1 is 0.944 bits per heavy atom. The zero-order valence-electron chi connectivity index (χ0n) is 19.9. The summed E-state index contributed by atoms with van der Waals surface area (Å²) < 4.78 is 5.12. The van der Waals surface area contributed by atoms with E-state index >= 15 is 0 Å². The molecule has 1 aliphatic rings. The number of aryl methyl sites for hydroxylation is 1. The molecule has 1 saturated carbocycles. The van der Waals surface area contributed by atoms with E-state index in [0.717, 1.165) is 40.8 Å². The molecule has 0 aliphatic heterocycles. The van der Waals surface area contributed by atoms with Gasteiger partial charge in [-0.3, -0.25) is 14.6 Å². The number of amides is 2. The predicted molar refractivity (Wildman–Crippen MR) is 136 cm³/mol. The third-order valence-electron chi connectivity index (χ3n) is 5.92. The topological polar surface area (TPSA) is 119 Å². The quantitative estimate of drug-likeness (QED) is 0.399. The molecule has 3 heterocycles. The van der Waals surface area contributed by atoms with E-state index in [9.17, 15) is 9.59 Å². The highest BCUT2D eigenvalue weighted by molar-refractivity contribution is 6.03. The van der Waals surface area contributed by atoms with Crippen molar-refractivity contribution in [3.05, 3.63) is 78.4 Å². The fraction of sp³-hybridized carbons (Fsp3) is 0.185. The van der Waals surface area contributed by atoms with Gasteiger partial charge in [-0.2, -0.15) is 5.10 Å². The molecule has 1 aromatic carbocycles. The number of hydrogen-bond donors (Lipinski definition) is 2. The average molecular weight is 481 g/mol. The minimum Gasteiger partial charge on any atom is -0.495 e. The van der Waals surface area contributed by atoms with Crippen molar-refractivity contribution >= 4 is 23.3 Å². The number of hydrogen-bond acceptors (Lipinski definition) is 7. The molecule has 36 heavy (non-hydrogen) atoms. The van der Waals surface area contributed by atoms with E-state index in [1.807, 2.05) is 49.4 Å². The molecule has 1 aliphatic carbocycles. The summed E-state index contributed by atoms with van der Waals surface area (Å²) in [6, 6.07) is 14.8. The summed E-state index contributed by atoms with van der Waals surface area (Å²) in [5.41, 5.74) is 5.30. The number of anilines is 2. The number of rotatable bonds is 7. The summed E-state index contributed by atoms with van der Waals surface area (Å²) >= 11 is 0. The van der Waals surface area contributed by atoms with Gasteiger partial charge in [0.1, 0.15) is 11.6 Å². The second-order valence-electron chi connectivity index (χ2n) is 8.59. The molecular weight excluding hydrogens is 456 g/mol. The Kier molecular flexibility index (Phi) is 6.36. The highest BCUT2D eigenvalue weighted by atomic mass is 16.5. The van der Waals surface area contributed by atoms with Gasteiger partial charge in [0.15, 0.2) is 5.69 Å². The lowest BCUT2D eigenvalue weighted by Gasteiger charge is -2.12. The second-order valence-corrected chi connectivity index (χ2v) is 8.59. The number of nitrogens with one attached hydrogen (secondary N) is 2. The largest absolute Gasteiger partial charge is 0.495 e. The highest BCUT2D eigenvalue weighted by Gasteiger charge is 2.29. The molecule has 0 spiro atoms. The fourth-order valence-electron chi connectivity index (χ4n) is 3.77. The van der Waals surface area contributed by atoms with Crippen LogP contribution in [0.2, 0.25) is 0 Å². The number of nitrogens with zero attached hydrogens (tertiary/aromatic N) is 4. The summed E-state index contributed by atoms with van der Waals surface area (Å²) in [5.74, 6) is 0.692. The minimum absolute atomic E-state index is 0.00998. The summed E-state index contributed by atoms with van der Waals surface area (Å²) in [6.07, 6.45) is 6.70. The Hall–Kier alpha value is -4.66. The normalized spacial score (nSPS) is 12.6. The number of ether oxygens (including phenoxy) is 1. The van der Waals surface area contributed by atoms with Crippen LogP contribution in [0.3, 0.4) is 0 Å². The molecule has 0 bridgehead atoms. The smallest absolute Gasteiger partial charge is 0.276 e. The van der Waals surface area contributed by atoms with Gasteiger partial charge < -0.3 is 15.4 Å². The number of methoxy groups -OCH3 is 1. The summed E-state index contributed by atoms with van der Waals surface area (Å²) in [7, 11) is 1.50. The van der Waals surface area contributed by atoms with Crippen LogP contribution in [0.5, 0.6) is 5.75 Å². The van der Waals surface area contributed by atoms with Crippen molar-refractivity contribution in [1.82, 2.24) is 20.2 Å². The van der Waals surface area contributed by atoms with Crippen molar-refractivity contribution in [2.24, 2.45) is 5.92 Å². The first-order valence-electron chi connectivity index (χ1n) is 11.5. The van der Waals surface area contributed by atoms with Gasteiger partial charge in [-0.15, -0.1) is 5.10 Å². The Morgan fingerprint density at radius 3 is 2.56 bits per heavy atom. The van der Waals surface area contributed by atoms with Crippen LogP contribution >= 0.6 is 0 Å². The maximum absolute atomic E-state index is 12.7. The van der Waals surface area contributed by atoms with E-state index in [-0.39, 0.29) is 23.4 Å². The Morgan fingerprint density at radius 2 is 1.75 bits per heavy atom. The van der Waals surface area contributed by atoms with E-state index in [2.05, 4.69) is 30.8 Å². The zero-order valence-corrected chi connectivity index (χ0v) is 19.9. The van der Waals surface area contributed by atoms with Gasteiger partial charge in [-0.05, 0) is 72.9 Å². The summed E-state index contributed by atoms with van der Waals surface area (Å²) in [6.45, 7) is 2.01. The molecule has 0 unspecified atom stereocenters. The Bertz CT molecular complexity index is 1450. The van der Waals surface area contributed by atoms with Gasteiger partial charge in [0, 0.05) is 35.6 Å². The Balaban J connectivity index is 1.39. The van der Waals surface area contributed by atoms with Crippen molar-refractivity contribution in [3.8, 4) is 28.1 Å². The zero-order chi connectivity index (χ0) is 25.1. The van der Waals surface area contributed by atoms with Crippen LogP contribution < -0.4 is 15.4 Å². The first-order chi connectivity index (χ1) is 17.5. The standard InChI is InChI=1S/C27H24N6O3/c1-16-3-6-20(31-27(35)24-14-21(36-2)15-30-33-24)13-22(16)18-7-9-28-23(11-18)19-8-10-29-25(12-19)32-26(34)17-4-5-17/h3,6-15,17H,4-5H2,1-2H3,(H,31,35)(H,29,32,34). The van der Waals surface area contributed by atoms with E-state index in [4.69, 9.17) is 4.74 Å². The van der Waals surface area contributed by atoms with Crippen LogP contribution in [-0.2, 0) is 4.79 Å². The summed E-state index contributed by atoms with van der Waals surface area (Å²) in [4.78, 5) is 33.6. The average Bonchev–Trinajstić information content (AvgIpc) is 3.76. The van der Waals surface area contributed by atoms with Crippen LogP contribution in [-0.4, -0.2) is 39.1 Å². The number of carbonyl (C=O) groups excluding carboxylic acids is 2. The highest BCUT2D eigenvalue weighted by Crippen LogP contribution is 2.32. The predicted octanol–water partition coefficient (Wildman–Crippen LogP) is 4.52. The summed E-state index contributed by atoms with van der Waals surface area (Å²) in [5, 5.41) is 13.4. The molecule has 0 radical (unpaired) electrons. The molecule has 2 amide bonds. The van der Waals surface area contributed by atoms with Crippen LogP contribution in [0.25, 0.3) is 22.4 Å². The van der Waals surface area contributed by atoms with Crippen molar-refractivity contribution in [2.45, 2.75) is 19.8 Å². The van der Waals surface area contributed by atoms with Crippen molar-refractivity contribution < 1.29 is 14.3 Å². The third-order valence-corrected chi connectivity index (χ3v) is 5.92. The molecule has 0 atom stereocenters. The van der Waals surface area contributed by atoms with E-state index in [1.165, 1.54) is 19.4 Å². The number of carbonyl (C=O) groups is 2. The van der Waals surface area contributed by atoms with Crippen LogP contribution in [0.15, 0.2) is 67.1 Å². The molecule has 4 aromatic rings. The molecule has 2 N–H and O–H groups in total. The fourth-order valence-corrected chi connectivity index (χ4v) is 3.77. The van der Waals surface area contributed by atoms with Gasteiger partial charge in [0.2, 0.25) is 5.91 Å². The molecule has 9 heteroatoms. The van der Waals surface area contributed by atoms with Crippen molar-refractivity contribution in [1.29, 1.82) is 0 Å². The van der Waals surface area contributed by atoms with E-state index in [1.54, 1.807) is 12.4 Å². The SMILES string of the molecule is COc1cnnc(C(=O)Nc2ccc(C)c(-c3ccnc(-c4ccnc(NC(=O)C5CC5)c4)c3)c2)c1. The molecule has 5 rings (SSSR count). The third kappa shape index (κ3) is 5.20. The van der Waals surface area contributed by atoms with Crippen molar-refractivity contribution in [2.75, 3.05) is 17.7 Å². The van der Waals surface area contributed by atoms with Crippen LogP contribution in [0.1, 0.15) is 28.9 Å². The van der Waals surface area contributed by atoms with Crippen molar-refractivity contribution in [3.63, 3.8) is 0 Å². The maximum Gasteiger partial charge on any atom is 0.276 e. The van der Waals surface area contributed by atoms with E-state index < -0.39 is 0 Å². The van der Waals surface area contributed by atoms with Gasteiger partial charge in [-0.25, -0.2) is 4.98 Å². The van der Waals surface area contributed by atoms with E-state index in [0.29, 0.717) is 17.3 Å². The van der Waals surface area contributed by atoms with Crippen LogP contribution in [0.4, 0.5) is 11.5 Å². The Labute approximate surface area is 208 Å². The number of benzene rings is 1. The maximum atomic E-state index is 12.7. The molecular formula is C27H24N6O3. The monoisotopic (exact) mass is 480 g/mol. The first kappa shape index (κ1) is 23.1. The molecule has 9 nitrogen and oxygen atoms in total. The van der Waals surface area contributed by atoms with Gasteiger partial charge in [0.25, 0.3) is 5.91 Å². The number of pyridine rings is 2. The second kappa shape index (κ2) is 9.91. The molecule has 0 saturated heterocycles.